The van der Waals surface area contributed by atoms with E-state index in [0.717, 1.165) is 39.0 Å². The third-order valence-corrected chi connectivity index (χ3v) is 6.44. The van der Waals surface area contributed by atoms with Crippen molar-refractivity contribution >= 4 is 11.8 Å². The van der Waals surface area contributed by atoms with E-state index in [-0.39, 0.29) is 17.4 Å². The SMILES string of the molecule is CC(C)(C)NC(=O)CN1CCN(C(=O)CN2CCC(OC3CCCCC3)CC2)CC1. The Morgan fingerprint density at radius 3 is 1.97 bits per heavy atom. The molecule has 1 N–H and O–H groups in total. The van der Waals surface area contributed by atoms with Crippen LogP contribution in [-0.4, -0.2) is 96.6 Å². The van der Waals surface area contributed by atoms with Gasteiger partial charge in [0.2, 0.25) is 11.8 Å². The van der Waals surface area contributed by atoms with E-state index in [4.69, 9.17) is 4.74 Å². The summed E-state index contributed by atoms with van der Waals surface area (Å²) >= 11 is 0. The van der Waals surface area contributed by atoms with E-state index >= 15 is 0 Å². The van der Waals surface area contributed by atoms with E-state index in [9.17, 15) is 9.59 Å². The molecule has 7 heteroatoms. The molecule has 0 unspecified atom stereocenters. The fourth-order valence-electron chi connectivity index (χ4n) is 4.78. The van der Waals surface area contributed by atoms with E-state index in [1.165, 1.54) is 32.1 Å². The van der Waals surface area contributed by atoms with E-state index in [0.29, 0.717) is 38.4 Å². The summed E-state index contributed by atoms with van der Waals surface area (Å²) in [7, 11) is 0. The number of piperidine rings is 1. The van der Waals surface area contributed by atoms with Gasteiger partial charge in [0.05, 0.1) is 25.3 Å². The molecule has 0 aromatic heterocycles. The molecule has 0 aromatic rings. The fourth-order valence-corrected chi connectivity index (χ4v) is 4.78. The summed E-state index contributed by atoms with van der Waals surface area (Å²) in [5.41, 5.74) is -0.205. The van der Waals surface area contributed by atoms with Crippen molar-refractivity contribution in [3.8, 4) is 0 Å². The molecule has 0 spiro atoms. The first-order chi connectivity index (χ1) is 14.3. The summed E-state index contributed by atoms with van der Waals surface area (Å²) in [6.07, 6.45) is 9.37. The van der Waals surface area contributed by atoms with Crippen LogP contribution >= 0.6 is 0 Å². The average molecular weight is 423 g/mol. The minimum absolute atomic E-state index is 0.0561. The van der Waals surface area contributed by atoms with E-state index in [1.807, 2.05) is 25.7 Å². The summed E-state index contributed by atoms with van der Waals surface area (Å²) in [5, 5.41) is 3.01. The van der Waals surface area contributed by atoms with E-state index in [2.05, 4.69) is 15.1 Å². The molecule has 0 bridgehead atoms. The standard InChI is InChI=1S/C23H42N4O3/c1-23(2,3)24-21(28)17-26-13-15-27(16-14-26)22(29)18-25-11-9-20(10-12-25)30-19-7-5-4-6-8-19/h19-20H,4-18H2,1-3H3,(H,24,28). The van der Waals surface area contributed by atoms with Crippen molar-refractivity contribution in [1.29, 1.82) is 0 Å². The largest absolute Gasteiger partial charge is 0.375 e. The zero-order valence-electron chi connectivity index (χ0n) is 19.3. The molecule has 0 aromatic carbocycles. The third kappa shape index (κ3) is 7.82. The second kappa shape index (κ2) is 10.9. The van der Waals surface area contributed by atoms with Gasteiger partial charge in [0, 0.05) is 44.8 Å². The average Bonchev–Trinajstić information content (AvgIpc) is 2.69. The highest BCUT2D eigenvalue weighted by molar-refractivity contribution is 5.79. The Hall–Kier alpha value is -1.18. The maximum atomic E-state index is 12.7. The van der Waals surface area contributed by atoms with Gasteiger partial charge in [0.25, 0.3) is 0 Å². The minimum atomic E-state index is -0.205. The van der Waals surface area contributed by atoms with Gasteiger partial charge in [-0.05, 0) is 46.5 Å². The number of likely N-dealkylation sites (tertiary alicyclic amines) is 1. The quantitative estimate of drug-likeness (QED) is 0.708. The smallest absolute Gasteiger partial charge is 0.236 e. The van der Waals surface area contributed by atoms with Gasteiger partial charge in [-0.1, -0.05) is 19.3 Å². The molecule has 1 saturated carbocycles. The predicted octanol–water partition coefficient (Wildman–Crippen LogP) is 1.86. The van der Waals surface area contributed by atoms with Gasteiger partial charge in [-0.3, -0.25) is 19.4 Å². The van der Waals surface area contributed by atoms with Crippen molar-refractivity contribution in [2.24, 2.45) is 0 Å². The molecular weight excluding hydrogens is 380 g/mol. The Morgan fingerprint density at radius 2 is 1.37 bits per heavy atom. The summed E-state index contributed by atoms with van der Waals surface area (Å²) in [5.74, 6) is 0.279. The lowest BCUT2D eigenvalue weighted by molar-refractivity contribution is -0.135. The zero-order valence-corrected chi connectivity index (χ0v) is 19.3. The number of nitrogens with one attached hydrogen (secondary N) is 1. The molecule has 1 aliphatic carbocycles. The number of piperazine rings is 1. The molecule has 172 valence electrons. The molecule has 3 rings (SSSR count). The Balaban J connectivity index is 1.31. The molecule has 0 atom stereocenters. The van der Waals surface area contributed by atoms with Gasteiger partial charge in [0.15, 0.2) is 0 Å². The van der Waals surface area contributed by atoms with Crippen molar-refractivity contribution in [2.75, 3.05) is 52.4 Å². The summed E-state index contributed by atoms with van der Waals surface area (Å²) < 4.78 is 6.32. The molecule has 30 heavy (non-hydrogen) atoms. The Bertz CT molecular complexity index is 555. The molecule has 3 fully saturated rings. The number of amides is 2. The molecule has 2 aliphatic heterocycles. The second-order valence-electron chi connectivity index (χ2n) is 10.3. The monoisotopic (exact) mass is 422 g/mol. The van der Waals surface area contributed by atoms with Crippen molar-refractivity contribution in [1.82, 2.24) is 20.0 Å². The van der Waals surface area contributed by atoms with Crippen LogP contribution in [0.4, 0.5) is 0 Å². The fraction of sp³-hybridized carbons (Fsp3) is 0.913. The predicted molar refractivity (Wildman–Crippen MR) is 118 cm³/mol. The normalized spacial score (nSPS) is 23.5. The molecule has 3 aliphatic rings. The number of nitrogens with zero attached hydrogens (tertiary/aromatic N) is 3. The summed E-state index contributed by atoms with van der Waals surface area (Å²) in [6, 6.07) is 0. The molecular formula is C23H42N4O3. The lowest BCUT2D eigenvalue weighted by Gasteiger charge is -2.37. The van der Waals surface area contributed by atoms with Gasteiger partial charge in [-0.25, -0.2) is 0 Å². The van der Waals surface area contributed by atoms with Crippen LogP contribution in [0.15, 0.2) is 0 Å². The Labute approximate surface area is 182 Å². The topological polar surface area (TPSA) is 65.1 Å². The highest BCUT2D eigenvalue weighted by Gasteiger charge is 2.28. The van der Waals surface area contributed by atoms with Crippen LogP contribution in [0.25, 0.3) is 0 Å². The van der Waals surface area contributed by atoms with E-state index < -0.39 is 0 Å². The highest BCUT2D eigenvalue weighted by Crippen LogP contribution is 2.24. The number of carbonyl (C=O) groups excluding carboxylic acids is 2. The molecule has 0 radical (unpaired) electrons. The van der Waals surface area contributed by atoms with Gasteiger partial charge in [-0.2, -0.15) is 0 Å². The molecule has 7 nitrogen and oxygen atoms in total. The third-order valence-electron chi connectivity index (χ3n) is 6.44. The first-order valence-corrected chi connectivity index (χ1v) is 12.0. The van der Waals surface area contributed by atoms with Crippen LogP contribution in [0.1, 0.15) is 65.7 Å². The summed E-state index contributed by atoms with van der Waals surface area (Å²) in [6.45, 7) is 11.8. The number of hydrogen-bond donors (Lipinski definition) is 1. The molecule has 2 heterocycles. The number of rotatable bonds is 6. The van der Waals surface area contributed by atoms with Gasteiger partial charge in [-0.15, -0.1) is 0 Å². The van der Waals surface area contributed by atoms with Gasteiger partial charge >= 0.3 is 0 Å². The van der Waals surface area contributed by atoms with Crippen LogP contribution in [0, 0.1) is 0 Å². The number of ether oxygens (including phenoxy) is 1. The maximum absolute atomic E-state index is 12.7. The Morgan fingerprint density at radius 1 is 0.800 bits per heavy atom. The van der Waals surface area contributed by atoms with Crippen molar-refractivity contribution < 1.29 is 14.3 Å². The minimum Gasteiger partial charge on any atom is -0.375 e. The van der Waals surface area contributed by atoms with Gasteiger partial charge < -0.3 is 15.0 Å². The van der Waals surface area contributed by atoms with Crippen LogP contribution in [0.3, 0.4) is 0 Å². The first-order valence-electron chi connectivity index (χ1n) is 12.0. The number of carbonyl (C=O) groups is 2. The maximum Gasteiger partial charge on any atom is 0.236 e. The van der Waals surface area contributed by atoms with Crippen LogP contribution in [-0.2, 0) is 14.3 Å². The highest BCUT2D eigenvalue weighted by atomic mass is 16.5. The van der Waals surface area contributed by atoms with Crippen molar-refractivity contribution in [3.63, 3.8) is 0 Å². The zero-order chi connectivity index (χ0) is 21.6. The second-order valence-corrected chi connectivity index (χ2v) is 10.3. The lowest BCUT2D eigenvalue weighted by Crippen LogP contribution is -2.54. The molecule has 2 saturated heterocycles. The van der Waals surface area contributed by atoms with Crippen LogP contribution in [0.2, 0.25) is 0 Å². The van der Waals surface area contributed by atoms with Crippen molar-refractivity contribution in [3.05, 3.63) is 0 Å². The van der Waals surface area contributed by atoms with E-state index in [1.54, 1.807) is 0 Å². The van der Waals surface area contributed by atoms with Crippen LogP contribution in [0.5, 0.6) is 0 Å². The summed E-state index contributed by atoms with van der Waals surface area (Å²) in [4.78, 5) is 31.2. The van der Waals surface area contributed by atoms with Gasteiger partial charge in [0.1, 0.15) is 0 Å². The van der Waals surface area contributed by atoms with Crippen molar-refractivity contribution in [2.45, 2.75) is 83.5 Å². The first kappa shape index (κ1) is 23.5. The van der Waals surface area contributed by atoms with Crippen LogP contribution < -0.4 is 5.32 Å². The lowest BCUT2D eigenvalue weighted by atomic mass is 9.97. The number of hydrogen-bond acceptors (Lipinski definition) is 5. The Kier molecular flexibility index (Phi) is 8.54. The molecule has 2 amide bonds.